The highest BCUT2D eigenvalue weighted by Crippen LogP contribution is 2.08. The SMILES string of the molecule is C#CCCN1CCn2cnnc2C1. The molecule has 2 rings (SSSR count). The van der Waals surface area contributed by atoms with Crippen LogP contribution in [-0.4, -0.2) is 32.8 Å². The molecule has 2 heterocycles. The molecule has 1 aliphatic heterocycles. The molecule has 0 aromatic carbocycles. The monoisotopic (exact) mass is 176 g/mol. The zero-order chi connectivity index (χ0) is 9.10. The molecule has 0 aliphatic carbocycles. The van der Waals surface area contributed by atoms with Crippen molar-refractivity contribution in [3.63, 3.8) is 0 Å². The normalized spacial score (nSPS) is 16.5. The van der Waals surface area contributed by atoms with Crippen LogP contribution in [0.4, 0.5) is 0 Å². The number of fused-ring (bicyclic) bond motifs is 1. The first-order valence-corrected chi connectivity index (χ1v) is 4.42. The van der Waals surface area contributed by atoms with Crippen molar-refractivity contribution in [2.75, 3.05) is 13.1 Å². The summed E-state index contributed by atoms with van der Waals surface area (Å²) < 4.78 is 2.09. The quantitative estimate of drug-likeness (QED) is 0.600. The highest BCUT2D eigenvalue weighted by atomic mass is 15.3. The Morgan fingerprint density at radius 2 is 2.46 bits per heavy atom. The van der Waals surface area contributed by atoms with Gasteiger partial charge in [-0.15, -0.1) is 22.5 Å². The summed E-state index contributed by atoms with van der Waals surface area (Å²) in [5.74, 6) is 3.69. The van der Waals surface area contributed by atoms with Gasteiger partial charge in [0.05, 0.1) is 6.54 Å². The Morgan fingerprint density at radius 3 is 3.31 bits per heavy atom. The van der Waals surface area contributed by atoms with Gasteiger partial charge in [0.2, 0.25) is 0 Å². The lowest BCUT2D eigenvalue weighted by Crippen LogP contribution is -2.34. The van der Waals surface area contributed by atoms with Gasteiger partial charge in [0, 0.05) is 26.1 Å². The minimum absolute atomic E-state index is 0.814. The summed E-state index contributed by atoms with van der Waals surface area (Å²) in [7, 11) is 0. The number of rotatable bonds is 2. The van der Waals surface area contributed by atoms with Crippen molar-refractivity contribution < 1.29 is 0 Å². The second-order valence-corrected chi connectivity index (χ2v) is 3.17. The third kappa shape index (κ3) is 1.70. The molecule has 0 radical (unpaired) electrons. The summed E-state index contributed by atoms with van der Waals surface area (Å²) in [6, 6.07) is 0. The van der Waals surface area contributed by atoms with Crippen LogP contribution in [0.1, 0.15) is 12.2 Å². The van der Waals surface area contributed by atoms with E-state index in [-0.39, 0.29) is 0 Å². The predicted octanol–water partition coefficient (Wildman–Crippen LogP) is 0.117. The molecule has 68 valence electrons. The highest BCUT2D eigenvalue weighted by Gasteiger charge is 2.15. The smallest absolute Gasteiger partial charge is 0.147 e. The molecule has 0 bridgehead atoms. The average Bonchev–Trinajstić information content (AvgIpc) is 2.61. The van der Waals surface area contributed by atoms with E-state index in [1.807, 2.05) is 0 Å². The molecule has 0 saturated heterocycles. The third-order valence-corrected chi connectivity index (χ3v) is 2.29. The van der Waals surface area contributed by atoms with Crippen LogP contribution >= 0.6 is 0 Å². The summed E-state index contributed by atoms with van der Waals surface area (Å²) in [5, 5.41) is 7.90. The van der Waals surface area contributed by atoms with E-state index in [4.69, 9.17) is 6.42 Å². The van der Waals surface area contributed by atoms with E-state index in [2.05, 4.69) is 25.6 Å². The first-order chi connectivity index (χ1) is 6.40. The van der Waals surface area contributed by atoms with Crippen LogP contribution in [0.2, 0.25) is 0 Å². The molecule has 1 aromatic rings. The van der Waals surface area contributed by atoms with Crippen molar-refractivity contribution in [3.05, 3.63) is 12.2 Å². The summed E-state index contributed by atoms with van der Waals surface area (Å²) in [5.41, 5.74) is 0. The Kier molecular flexibility index (Phi) is 2.28. The summed E-state index contributed by atoms with van der Waals surface area (Å²) >= 11 is 0. The van der Waals surface area contributed by atoms with Crippen molar-refractivity contribution in [3.8, 4) is 12.3 Å². The molecule has 0 atom stereocenters. The van der Waals surface area contributed by atoms with Crippen LogP contribution in [0.15, 0.2) is 6.33 Å². The van der Waals surface area contributed by atoms with Crippen molar-refractivity contribution >= 4 is 0 Å². The van der Waals surface area contributed by atoms with E-state index in [0.717, 1.165) is 38.4 Å². The number of hydrogen-bond acceptors (Lipinski definition) is 3. The fourth-order valence-electron chi connectivity index (χ4n) is 1.53. The second kappa shape index (κ2) is 3.58. The van der Waals surface area contributed by atoms with Crippen LogP contribution in [-0.2, 0) is 13.1 Å². The zero-order valence-corrected chi connectivity index (χ0v) is 7.48. The summed E-state index contributed by atoms with van der Waals surface area (Å²) in [6.07, 6.45) is 7.81. The lowest BCUT2D eigenvalue weighted by Gasteiger charge is -2.25. The maximum Gasteiger partial charge on any atom is 0.147 e. The Hall–Kier alpha value is -1.34. The molecule has 0 unspecified atom stereocenters. The van der Waals surface area contributed by atoms with Gasteiger partial charge >= 0.3 is 0 Å². The molecule has 0 N–H and O–H groups in total. The van der Waals surface area contributed by atoms with Crippen LogP contribution in [0, 0.1) is 12.3 Å². The molecule has 0 amide bonds. The topological polar surface area (TPSA) is 34.0 Å². The largest absolute Gasteiger partial charge is 0.315 e. The molecule has 0 fully saturated rings. The van der Waals surface area contributed by atoms with Crippen molar-refractivity contribution in [2.45, 2.75) is 19.5 Å². The molecular formula is C9H12N4. The summed E-state index contributed by atoms with van der Waals surface area (Å²) in [4.78, 5) is 2.31. The molecule has 1 aromatic heterocycles. The van der Waals surface area contributed by atoms with Gasteiger partial charge in [-0.05, 0) is 0 Å². The standard InChI is InChI=1S/C9H12N4/c1-2-3-4-12-5-6-13-8-10-11-9(13)7-12/h1,8H,3-7H2. The lowest BCUT2D eigenvalue weighted by atomic mass is 10.3. The molecule has 13 heavy (non-hydrogen) atoms. The van der Waals surface area contributed by atoms with Crippen LogP contribution in [0.5, 0.6) is 0 Å². The highest BCUT2D eigenvalue weighted by molar-refractivity contribution is 4.91. The Morgan fingerprint density at radius 1 is 1.54 bits per heavy atom. The van der Waals surface area contributed by atoms with Crippen molar-refractivity contribution in [1.29, 1.82) is 0 Å². The van der Waals surface area contributed by atoms with Crippen LogP contribution < -0.4 is 0 Å². The van der Waals surface area contributed by atoms with Gasteiger partial charge in [0.1, 0.15) is 12.2 Å². The first kappa shape index (κ1) is 8.27. The number of nitrogens with zero attached hydrogens (tertiary/aromatic N) is 4. The van der Waals surface area contributed by atoms with Gasteiger partial charge < -0.3 is 4.57 Å². The predicted molar refractivity (Wildman–Crippen MR) is 48.7 cm³/mol. The molecule has 4 heteroatoms. The third-order valence-electron chi connectivity index (χ3n) is 2.29. The summed E-state index contributed by atoms with van der Waals surface area (Å²) in [6.45, 7) is 3.87. The maximum absolute atomic E-state index is 5.21. The molecule has 0 spiro atoms. The van der Waals surface area contributed by atoms with E-state index in [1.54, 1.807) is 6.33 Å². The zero-order valence-electron chi connectivity index (χ0n) is 7.48. The molecule has 4 nitrogen and oxygen atoms in total. The first-order valence-electron chi connectivity index (χ1n) is 4.42. The Bertz CT molecular complexity index is 323. The lowest BCUT2D eigenvalue weighted by molar-refractivity contribution is 0.222. The van der Waals surface area contributed by atoms with E-state index in [1.165, 1.54) is 0 Å². The van der Waals surface area contributed by atoms with Gasteiger partial charge in [-0.25, -0.2) is 0 Å². The van der Waals surface area contributed by atoms with E-state index < -0.39 is 0 Å². The van der Waals surface area contributed by atoms with Crippen molar-refractivity contribution in [2.24, 2.45) is 0 Å². The second-order valence-electron chi connectivity index (χ2n) is 3.17. The average molecular weight is 176 g/mol. The van der Waals surface area contributed by atoms with Gasteiger partial charge in [-0.2, -0.15) is 0 Å². The van der Waals surface area contributed by atoms with Gasteiger partial charge in [0.25, 0.3) is 0 Å². The molecular weight excluding hydrogens is 164 g/mol. The molecule has 1 aliphatic rings. The maximum atomic E-state index is 5.21. The van der Waals surface area contributed by atoms with E-state index >= 15 is 0 Å². The van der Waals surface area contributed by atoms with Gasteiger partial charge in [0.15, 0.2) is 0 Å². The van der Waals surface area contributed by atoms with Crippen molar-refractivity contribution in [1.82, 2.24) is 19.7 Å². The fraction of sp³-hybridized carbons (Fsp3) is 0.556. The van der Waals surface area contributed by atoms with Gasteiger partial charge in [-0.3, -0.25) is 4.90 Å². The Labute approximate surface area is 77.6 Å². The fourth-order valence-corrected chi connectivity index (χ4v) is 1.53. The van der Waals surface area contributed by atoms with Gasteiger partial charge in [-0.1, -0.05) is 0 Å². The minimum Gasteiger partial charge on any atom is -0.315 e. The number of hydrogen-bond donors (Lipinski definition) is 0. The van der Waals surface area contributed by atoms with E-state index in [9.17, 15) is 0 Å². The number of aromatic nitrogens is 3. The van der Waals surface area contributed by atoms with Crippen LogP contribution in [0.3, 0.4) is 0 Å². The van der Waals surface area contributed by atoms with Crippen LogP contribution in [0.25, 0.3) is 0 Å². The van der Waals surface area contributed by atoms with E-state index in [0.29, 0.717) is 0 Å². The number of terminal acetylenes is 1. The Balaban J connectivity index is 1.97. The minimum atomic E-state index is 0.814. The molecule has 0 saturated carbocycles.